The molecule has 3 aromatic rings. The lowest BCUT2D eigenvalue weighted by Gasteiger charge is -2.15. The van der Waals surface area contributed by atoms with Gasteiger partial charge < -0.3 is 25.5 Å². The molecule has 0 saturated heterocycles. The number of hydrogen-bond acceptors (Lipinski definition) is 6. The Morgan fingerprint density at radius 2 is 1.97 bits per heavy atom. The van der Waals surface area contributed by atoms with E-state index in [9.17, 15) is 0 Å². The Bertz CT molecular complexity index is 1220. The number of methoxy groups -OCH3 is 1. The summed E-state index contributed by atoms with van der Waals surface area (Å²) >= 11 is 2.15. The first-order valence-corrected chi connectivity index (χ1v) is 11.5. The van der Waals surface area contributed by atoms with E-state index in [1.165, 1.54) is 11.9 Å². The Hall–Kier alpha value is -3.24. The first-order chi connectivity index (χ1) is 15.7. The Kier molecular flexibility index (Phi) is 7.13. The highest BCUT2D eigenvalue weighted by atomic mass is 127. The Balaban J connectivity index is 1.58. The fourth-order valence-corrected chi connectivity index (χ4v) is 3.68. The van der Waals surface area contributed by atoms with E-state index >= 15 is 0 Å². The van der Waals surface area contributed by atoms with Gasteiger partial charge in [0.1, 0.15) is 29.5 Å². The van der Waals surface area contributed by atoms with Gasteiger partial charge in [0.25, 0.3) is 0 Å². The third-order valence-electron chi connectivity index (χ3n) is 4.94. The first kappa shape index (κ1) is 22.0. The maximum absolute atomic E-state index is 8.24. The number of ether oxygens (including phenoxy) is 2. The van der Waals surface area contributed by atoms with Crippen LogP contribution in [0.4, 0.5) is 5.82 Å². The summed E-state index contributed by atoms with van der Waals surface area (Å²) in [5.41, 5.74) is 4.12. The molecule has 0 amide bonds. The average molecular weight is 540 g/mol. The molecule has 4 rings (SSSR count). The number of hydrogen-bond donors (Lipinski definition) is 3. The topological polar surface area (TPSA) is 96.7 Å². The molecule has 8 heteroatoms. The number of anilines is 1. The quantitative estimate of drug-likeness (QED) is 0.297. The number of nitrogens with one attached hydrogen (secondary N) is 2. The van der Waals surface area contributed by atoms with Gasteiger partial charge in [-0.05, 0) is 46.9 Å². The van der Waals surface area contributed by atoms with Crippen LogP contribution in [0.15, 0.2) is 84.5 Å². The molecule has 7 nitrogen and oxygen atoms in total. The van der Waals surface area contributed by atoms with Crippen molar-refractivity contribution in [3.63, 3.8) is 0 Å². The van der Waals surface area contributed by atoms with E-state index in [0.717, 1.165) is 28.7 Å². The van der Waals surface area contributed by atoms with Gasteiger partial charge in [0, 0.05) is 22.7 Å². The summed E-state index contributed by atoms with van der Waals surface area (Å²) in [7, 11) is 1.61. The highest BCUT2D eigenvalue weighted by Crippen LogP contribution is 2.34. The normalized spacial score (nSPS) is 14.5. The number of nitrogens with two attached hydrogens (primary N) is 1. The van der Waals surface area contributed by atoms with Crippen molar-refractivity contribution in [2.45, 2.75) is 6.54 Å². The van der Waals surface area contributed by atoms with Crippen LogP contribution >= 0.6 is 22.6 Å². The molecule has 0 atom stereocenters. The van der Waals surface area contributed by atoms with Crippen LogP contribution in [0.25, 0.3) is 10.9 Å². The van der Waals surface area contributed by atoms with Crippen molar-refractivity contribution in [1.29, 1.82) is 5.41 Å². The van der Waals surface area contributed by atoms with Crippen LogP contribution in [0.1, 0.15) is 5.56 Å². The van der Waals surface area contributed by atoms with E-state index in [-0.39, 0.29) is 0 Å². The second-order valence-electron chi connectivity index (χ2n) is 7.02. The second kappa shape index (κ2) is 10.4. The maximum atomic E-state index is 8.24. The Labute approximate surface area is 199 Å². The van der Waals surface area contributed by atoms with E-state index in [4.69, 9.17) is 14.9 Å². The molecule has 1 aliphatic carbocycles. The molecular weight excluding hydrogens is 517 g/mol. The summed E-state index contributed by atoms with van der Waals surface area (Å²) in [6.07, 6.45) is 9.10. The largest absolute Gasteiger partial charge is 0.493 e. The molecule has 4 N–H and O–H groups in total. The fraction of sp³-hybridized carbons (Fsp3) is 0.125. The molecule has 0 unspecified atom stereocenters. The predicted molar refractivity (Wildman–Crippen MR) is 134 cm³/mol. The molecule has 32 heavy (non-hydrogen) atoms. The number of allylic oxidation sites excluding steroid dienone is 4. The van der Waals surface area contributed by atoms with Gasteiger partial charge in [-0.3, -0.25) is 0 Å². The average Bonchev–Trinajstić information content (AvgIpc) is 2.82. The van der Waals surface area contributed by atoms with Crippen molar-refractivity contribution in [2.75, 3.05) is 17.0 Å². The molecule has 0 bridgehead atoms. The zero-order chi connectivity index (χ0) is 22.3. The van der Waals surface area contributed by atoms with Crippen LogP contribution in [0.3, 0.4) is 0 Å². The fourth-order valence-electron chi connectivity index (χ4n) is 3.35. The highest BCUT2D eigenvalue weighted by molar-refractivity contribution is 14.1. The zero-order valence-electron chi connectivity index (χ0n) is 17.5. The van der Waals surface area contributed by atoms with Crippen molar-refractivity contribution in [2.24, 2.45) is 0 Å². The lowest BCUT2D eigenvalue weighted by Crippen LogP contribution is -2.76. The van der Waals surface area contributed by atoms with Crippen molar-refractivity contribution in [3.8, 4) is 11.5 Å². The Morgan fingerprint density at radius 3 is 2.75 bits per heavy atom. The van der Waals surface area contributed by atoms with Gasteiger partial charge in [0.2, 0.25) is 0 Å². The molecule has 0 radical (unpaired) electrons. The number of fused-ring (bicyclic) bond motifs is 1. The minimum atomic E-state index is 0.467. The molecule has 1 aliphatic rings. The molecule has 1 heterocycles. The number of alkyl halides is 1. The molecule has 0 aliphatic heterocycles. The summed E-state index contributed by atoms with van der Waals surface area (Å²) in [4.78, 5) is 8.79. The minimum absolute atomic E-state index is 0.467. The summed E-state index contributed by atoms with van der Waals surface area (Å²) in [6.45, 7) is 0.815. The van der Waals surface area contributed by atoms with Gasteiger partial charge in [-0.15, -0.1) is 0 Å². The smallest absolute Gasteiger partial charge is 0.163 e. The van der Waals surface area contributed by atoms with Gasteiger partial charge in [0.15, 0.2) is 11.5 Å². The molecule has 0 fully saturated rings. The third kappa shape index (κ3) is 5.14. The van der Waals surface area contributed by atoms with Gasteiger partial charge in [-0.25, -0.2) is 9.97 Å². The number of quaternary nitrogens is 1. The van der Waals surface area contributed by atoms with Crippen LogP contribution in [-0.4, -0.2) is 27.4 Å². The van der Waals surface area contributed by atoms with Gasteiger partial charge in [-0.1, -0.05) is 30.3 Å². The van der Waals surface area contributed by atoms with E-state index in [1.807, 2.05) is 48.7 Å². The van der Waals surface area contributed by atoms with Crippen LogP contribution < -0.4 is 20.1 Å². The van der Waals surface area contributed by atoms with Crippen LogP contribution in [0.2, 0.25) is 0 Å². The lowest BCUT2D eigenvalue weighted by molar-refractivity contribution is -0.605. The van der Waals surface area contributed by atoms with Gasteiger partial charge in [-0.2, -0.15) is 0 Å². The standard InChI is InChI=1S/C24H22IN5O2/c1-31-22-11-21-19(10-23(22)32-14-25)24(29-15-28-21)30-18-7-8-20(26)17(9-18)13-27-12-16-5-3-2-4-6-16/h2-11,13,15,26-27H,12,14H2,1H3,(H,28,29,30)/p+1. The van der Waals surface area contributed by atoms with Crippen LogP contribution in [0, 0.1) is 5.41 Å². The molecule has 0 saturated carbocycles. The summed E-state index contributed by atoms with van der Waals surface area (Å²) in [5.74, 6) is 1.93. The molecule has 0 spiro atoms. The van der Waals surface area contributed by atoms with Crippen molar-refractivity contribution < 1.29 is 14.8 Å². The number of aromatic nitrogens is 2. The van der Waals surface area contributed by atoms with Crippen molar-refractivity contribution >= 4 is 45.0 Å². The first-order valence-electron chi connectivity index (χ1n) is 10.0. The number of benzene rings is 2. The van der Waals surface area contributed by atoms with E-state index < -0.39 is 0 Å². The van der Waals surface area contributed by atoms with Crippen molar-refractivity contribution in [3.05, 3.63) is 90.1 Å². The predicted octanol–water partition coefficient (Wildman–Crippen LogP) is 3.94. The summed E-state index contributed by atoms with van der Waals surface area (Å²) < 4.78 is 11.6. The van der Waals surface area contributed by atoms with Gasteiger partial charge >= 0.3 is 0 Å². The number of rotatable bonds is 8. The molecule has 1 aromatic heterocycles. The number of halogens is 1. The molecule has 2 aromatic carbocycles. The maximum Gasteiger partial charge on any atom is 0.163 e. The number of nitrogens with zero attached hydrogens (tertiary/aromatic N) is 2. The zero-order valence-corrected chi connectivity index (χ0v) is 19.7. The van der Waals surface area contributed by atoms with E-state index in [1.54, 1.807) is 13.2 Å². The Morgan fingerprint density at radius 1 is 1.12 bits per heavy atom. The monoisotopic (exact) mass is 540 g/mol. The van der Waals surface area contributed by atoms with Gasteiger partial charge in [0.05, 0.1) is 23.9 Å². The van der Waals surface area contributed by atoms with E-state index in [0.29, 0.717) is 27.6 Å². The minimum Gasteiger partial charge on any atom is -0.493 e. The molecule has 162 valence electrons. The molecular formula is C24H23IN5O2+. The van der Waals surface area contributed by atoms with Crippen LogP contribution in [-0.2, 0) is 6.54 Å². The van der Waals surface area contributed by atoms with Crippen molar-refractivity contribution in [1.82, 2.24) is 9.97 Å². The summed E-state index contributed by atoms with van der Waals surface area (Å²) in [5, 5.41) is 14.5. The lowest BCUT2D eigenvalue weighted by atomic mass is 10.0. The van der Waals surface area contributed by atoms with Crippen LogP contribution in [0.5, 0.6) is 11.5 Å². The SMILES string of the molecule is COc1cc2ncnc(NC3=CC(=C[NH2+]Cc4ccccc4)C(=N)C=C3)c2cc1OCI. The second-order valence-corrected chi connectivity index (χ2v) is 7.64. The highest BCUT2D eigenvalue weighted by Gasteiger charge is 2.14. The summed E-state index contributed by atoms with van der Waals surface area (Å²) in [6, 6.07) is 14.0. The van der Waals surface area contributed by atoms with E-state index in [2.05, 4.69) is 55.3 Å². The third-order valence-corrected chi connectivity index (χ3v) is 5.25.